The molecule has 2 rings (SSSR count). The van der Waals surface area contributed by atoms with Gasteiger partial charge in [-0.2, -0.15) is 13.2 Å². The van der Waals surface area contributed by atoms with Crippen molar-refractivity contribution >= 4 is 28.8 Å². The Morgan fingerprint density at radius 3 is 2.48 bits per heavy atom. The molecule has 114 valence electrons. The van der Waals surface area contributed by atoms with E-state index in [0.29, 0.717) is 25.2 Å². The van der Waals surface area contributed by atoms with Crippen LogP contribution in [0.15, 0.2) is 18.2 Å². The summed E-state index contributed by atoms with van der Waals surface area (Å²) in [7, 11) is 0. The smallest absolute Gasteiger partial charge is 0.389 e. The number of halogens is 3. The summed E-state index contributed by atoms with van der Waals surface area (Å²) < 4.78 is 39.2. The van der Waals surface area contributed by atoms with Gasteiger partial charge in [0.1, 0.15) is 4.99 Å². The molecule has 1 atom stereocenters. The van der Waals surface area contributed by atoms with Crippen LogP contribution in [0.4, 0.5) is 18.9 Å². The van der Waals surface area contributed by atoms with E-state index in [4.69, 9.17) is 11.5 Å². The van der Waals surface area contributed by atoms with Crippen molar-refractivity contribution in [2.24, 2.45) is 17.4 Å². The first-order chi connectivity index (χ1) is 9.70. The van der Waals surface area contributed by atoms with E-state index in [-0.39, 0.29) is 16.5 Å². The minimum Gasteiger partial charge on any atom is -0.389 e. The van der Waals surface area contributed by atoms with Gasteiger partial charge in [-0.25, -0.2) is 0 Å². The fourth-order valence-electron chi connectivity index (χ4n) is 2.41. The van der Waals surface area contributed by atoms with Crippen LogP contribution < -0.4 is 16.4 Å². The number of nitrogens with zero attached hydrogens (tertiary/aromatic N) is 1. The third-order valence-electron chi connectivity index (χ3n) is 3.53. The maximum Gasteiger partial charge on any atom is 0.417 e. The molecule has 1 saturated heterocycles. The quantitative estimate of drug-likeness (QED) is 0.832. The van der Waals surface area contributed by atoms with Crippen LogP contribution in [0.1, 0.15) is 17.5 Å². The van der Waals surface area contributed by atoms with Crippen LogP contribution in [-0.2, 0) is 11.0 Å². The Labute approximate surface area is 124 Å². The molecule has 1 amide bonds. The van der Waals surface area contributed by atoms with Gasteiger partial charge in [-0.05, 0) is 24.6 Å². The molecule has 1 aliphatic heterocycles. The molecule has 0 aromatic heterocycles. The number of benzene rings is 1. The highest BCUT2D eigenvalue weighted by Crippen LogP contribution is 2.35. The lowest BCUT2D eigenvalue weighted by atomic mass is 10.1. The van der Waals surface area contributed by atoms with Gasteiger partial charge in [0.25, 0.3) is 0 Å². The predicted octanol–water partition coefficient (Wildman–Crippen LogP) is 1.65. The van der Waals surface area contributed by atoms with Gasteiger partial charge in [0.2, 0.25) is 5.91 Å². The van der Waals surface area contributed by atoms with E-state index in [9.17, 15) is 18.0 Å². The molecule has 0 radical (unpaired) electrons. The van der Waals surface area contributed by atoms with Crippen molar-refractivity contribution in [2.45, 2.75) is 12.6 Å². The lowest BCUT2D eigenvalue weighted by Crippen LogP contribution is -2.27. The number of hydrogen-bond acceptors (Lipinski definition) is 3. The molecule has 1 unspecified atom stereocenters. The zero-order chi connectivity index (χ0) is 15.8. The van der Waals surface area contributed by atoms with E-state index in [0.717, 1.165) is 6.07 Å². The summed E-state index contributed by atoms with van der Waals surface area (Å²) in [6.45, 7) is 0.802. The molecule has 1 fully saturated rings. The molecule has 1 aromatic rings. The maximum absolute atomic E-state index is 13.1. The Bertz CT molecular complexity index is 589. The normalized spacial score (nSPS) is 18.8. The third-order valence-corrected chi connectivity index (χ3v) is 3.75. The zero-order valence-corrected chi connectivity index (χ0v) is 11.8. The Balaban J connectivity index is 2.35. The summed E-state index contributed by atoms with van der Waals surface area (Å²) >= 11 is 4.65. The van der Waals surface area contributed by atoms with Gasteiger partial charge in [0, 0.05) is 24.3 Å². The molecule has 4 N–H and O–H groups in total. The average Bonchev–Trinajstić information content (AvgIpc) is 2.86. The van der Waals surface area contributed by atoms with Crippen LogP contribution in [0.2, 0.25) is 0 Å². The first-order valence-electron chi connectivity index (χ1n) is 6.25. The number of rotatable bonds is 3. The number of primary amides is 1. The largest absolute Gasteiger partial charge is 0.417 e. The number of nitrogens with two attached hydrogens (primary N) is 2. The number of thiocarbonyl (C=S) groups is 1. The topological polar surface area (TPSA) is 72.4 Å². The van der Waals surface area contributed by atoms with Gasteiger partial charge < -0.3 is 16.4 Å². The fourth-order valence-corrected chi connectivity index (χ4v) is 2.58. The van der Waals surface area contributed by atoms with E-state index >= 15 is 0 Å². The number of carbonyl (C=O) groups excluding carboxylic acids is 1. The Morgan fingerprint density at radius 2 is 2.00 bits per heavy atom. The molecule has 21 heavy (non-hydrogen) atoms. The van der Waals surface area contributed by atoms with Crippen molar-refractivity contribution in [3.8, 4) is 0 Å². The summed E-state index contributed by atoms with van der Waals surface area (Å²) in [5.74, 6) is -0.775. The van der Waals surface area contributed by atoms with Gasteiger partial charge in [-0.3, -0.25) is 4.79 Å². The highest BCUT2D eigenvalue weighted by Gasteiger charge is 2.35. The van der Waals surface area contributed by atoms with Crippen molar-refractivity contribution in [3.63, 3.8) is 0 Å². The lowest BCUT2D eigenvalue weighted by Gasteiger charge is -2.21. The SMILES string of the molecule is NC(=O)C1CCN(c2ccc(C(N)=S)c(C(F)(F)F)c2)C1. The first kappa shape index (κ1) is 15.6. The predicted molar refractivity (Wildman–Crippen MR) is 76.8 cm³/mol. The lowest BCUT2D eigenvalue weighted by molar-refractivity contribution is -0.137. The second-order valence-electron chi connectivity index (χ2n) is 4.93. The fraction of sp³-hybridized carbons (Fsp3) is 0.385. The van der Waals surface area contributed by atoms with Crippen LogP contribution >= 0.6 is 12.2 Å². The number of carbonyl (C=O) groups is 1. The maximum atomic E-state index is 13.1. The standard InChI is InChI=1S/C13H14F3N3OS/c14-13(15,16)10-5-8(1-2-9(10)12(18)21)19-4-3-7(6-19)11(17)20/h1-2,5,7H,3-4,6H2,(H2,17,20)(H2,18,21). The van der Waals surface area contributed by atoms with E-state index < -0.39 is 17.6 Å². The van der Waals surface area contributed by atoms with Crippen molar-refractivity contribution in [1.29, 1.82) is 0 Å². The van der Waals surface area contributed by atoms with E-state index in [2.05, 4.69) is 12.2 Å². The summed E-state index contributed by atoms with van der Waals surface area (Å²) in [4.78, 5) is 12.5. The Kier molecular flexibility index (Phi) is 4.08. The van der Waals surface area contributed by atoms with Crippen LogP contribution in [-0.4, -0.2) is 24.0 Å². The van der Waals surface area contributed by atoms with Crippen molar-refractivity contribution in [2.75, 3.05) is 18.0 Å². The second-order valence-corrected chi connectivity index (χ2v) is 5.37. The molecule has 4 nitrogen and oxygen atoms in total. The van der Waals surface area contributed by atoms with Crippen LogP contribution in [0.25, 0.3) is 0 Å². The number of amides is 1. The molecular weight excluding hydrogens is 303 g/mol. The Hall–Kier alpha value is -1.83. The van der Waals surface area contributed by atoms with E-state index in [1.807, 2.05) is 0 Å². The van der Waals surface area contributed by atoms with Crippen LogP contribution in [0, 0.1) is 5.92 Å². The monoisotopic (exact) mass is 317 g/mol. The van der Waals surface area contributed by atoms with E-state index in [1.54, 1.807) is 4.90 Å². The zero-order valence-electron chi connectivity index (χ0n) is 11.0. The van der Waals surface area contributed by atoms with Crippen LogP contribution in [0.5, 0.6) is 0 Å². The van der Waals surface area contributed by atoms with Crippen molar-refractivity contribution in [1.82, 2.24) is 0 Å². The summed E-state index contributed by atoms with van der Waals surface area (Å²) in [5.41, 5.74) is 9.87. The molecule has 0 saturated carbocycles. The molecule has 1 aromatic carbocycles. The van der Waals surface area contributed by atoms with E-state index in [1.165, 1.54) is 12.1 Å². The average molecular weight is 317 g/mol. The van der Waals surface area contributed by atoms with Crippen molar-refractivity contribution in [3.05, 3.63) is 29.3 Å². The third kappa shape index (κ3) is 3.26. The van der Waals surface area contributed by atoms with Gasteiger partial charge in [0.05, 0.1) is 11.5 Å². The molecule has 1 aliphatic rings. The van der Waals surface area contributed by atoms with Gasteiger partial charge in [-0.1, -0.05) is 12.2 Å². The molecule has 8 heteroatoms. The molecule has 0 aliphatic carbocycles. The molecular formula is C13H14F3N3OS. The van der Waals surface area contributed by atoms with Crippen LogP contribution in [0.3, 0.4) is 0 Å². The highest BCUT2D eigenvalue weighted by molar-refractivity contribution is 7.80. The number of anilines is 1. The molecule has 1 heterocycles. The summed E-state index contributed by atoms with van der Waals surface area (Å²) in [5, 5.41) is 0. The van der Waals surface area contributed by atoms with Gasteiger partial charge in [-0.15, -0.1) is 0 Å². The number of hydrogen-bond donors (Lipinski definition) is 2. The highest BCUT2D eigenvalue weighted by atomic mass is 32.1. The summed E-state index contributed by atoms with van der Waals surface area (Å²) in [6.07, 6.45) is -4.01. The summed E-state index contributed by atoms with van der Waals surface area (Å²) in [6, 6.07) is 3.79. The Morgan fingerprint density at radius 1 is 1.33 bits per heavy atom. The minimum absolute atomic E-state index is 0.202. The molecule has 0 bridgehead atoms. The van der Waals surface area contributed by atoms with Crippen molar-refractivity contribution < 1.29 is 18.0 Å². The van der Waals surface area contributed by atoms with Gasteiger partial charge in [0.15, 0.2) is 0 Å². The molecule has 0 spiro atoms. The second kappa shape index (κ2) is 5.51. The minimum atomic E-state index is -4.54. The first-order valence-corrected chi connectivity index (χ1v) is 6.66. The van der Waals surface area contributed by atoms with Gasteiger partial charge >= 0.3 is 6.18 Å². The number of alkyl halides is 3.